The van der Waals surface area contributed by atoms with Crippen LogP contribution in [-0.2, 0) is 14.3 Å². The first-order valence-electron chi connectivity index (χ1n) is 6.18. The van der Waals surface area contributed by atoms with Gasteiger partial charge in [0.15, 0.2) is 0 Å². The normalized spacial score (nSPS) is 10.2. The second-order valence-electron chi connectivity index (χ2n) is 4.37. The number of urea groups is 1. The van der Waals surface area contributed by atoms with E-state index in [2.05, 4.69) is 0 Å². The number of esters is 1. The number of hydrogen-bond donors (Lipinski definition) is 1. The Morgan fingerprint density at radius 2 is 1.84 bits per heavy atom. The van der Waals surface area contributed by atoms with Gasteiger partial charge in [0.25, 0.3) is 0 Å². The topological polar surface area (TPSA) is 87.2 Å². The van der Waals surface area contributed by atoms with E-state index >= 15 is 0 Å². The van der Waals surface area contributed by atoms with Crippen molar-refractivity contribution in [2.75, 3.05) is 26.7 Å². The fourth-order valence-electron chi connectivity index (χ4n) is 1.48. The molecule has 0 aromatic rings. The van der Waals surface area contributed by atoms with Crippen LogP contribution in [0, 0.1) is 0 Å². The van der Waals surface area contributed by atoms with Crippen molar-refractivity contribution in [3.63, 3.8) is 0 Å². The Kier molecular flexibility index (Phi) is 7.55. The first kappa shape index (κ1) is 17.2. The zero-order valence-electron chi connectivity index (χ0n) is 11.9. The molecule has 110 valence electrons. The Morgan fingerprint density at radius 1 is 1.26 bits per heavy atom. The van der Waals surface area contributed by atoms with Crippen LogP contribution in [0.2, 0.25) is 0 Å². The number of ether oxygens (including phenoxy) is 1. The third-order valence-electron chi connectivity index (χ3n) is 2.43. The van der Waals surface area contributed by atoms with Crippen LogP contribution in [0.4, 0.5) is 4.79 Å². The highest BCUT2D eigenvalue weighted by molar-refractivity contribution is 5.81. The van der Waals surface area contributed by atoms with E-state index in [4.69, 9.17) is 9.84 Å². The third-order valence-corrected chi connectivity index (χ3v) is 2.43. The molecule has 0 saturated carbocycles. The van der Waals surface area contributed by atoms with Crippen LogP contribution >= 0.6 is 0 Å². The highest BCUT2D eigenvalue weighted by Crippen LogP contribution is 2.05. The summed E-state index contributed by atoms with van der Waals surface area (Å²) in [5, 5.41) is 8.65. The van der Waals surface area contributed by atoms with Crippen LogP contribution in [0.3, 0.4) is 0 Å². The lowest BCUT2D eigenvalue weighted by Gasteiger charge is -2.30. The van der Waals surface area contributed by atoms with Crippen LogP contribution in [0.5, 0.6) is 0 Å². The Balaban J connectivity index is 4.52. The Bertz CT molecular complexity index is 330. The van der Waals surface area contributed by atoms with Gasteiger partial charge in [-0.05, 0) is 20.8 Å². The minimum Gasteiger partial charge on any atom is -0.481 e. The van der Waals surface area contributed by atoms with Gasteiger partial charge in [0.05, 0.1) is 13.0 Å². The summed E-state index contributed by atoms with van der Waals surface area (Å²) in [4.78, 5) is 36.6. The summed E-state index contributed by atoms with van der Waals surface area (Å²) in [6.45, 7) is 5.48. The lowest BCUT2D eigenvalue weighted by atomic mass is 10.3. The zero-order valence-corrected chi connectivity index (χ0v) is 11.9. The summed E-state index contributed by atoms with van der Waals surface area (Å²) in [6, 6.07) is -0.527. The maximum Gasteiger partial charge on any atom is 0.325 e. The van der Waals surface area contributed by atoms with E-state index in [0.29, 0.717) is 0 Å². The van der Waals surface area contributed by atoms with E-state index in [1.165, 1.54) is 16.8 Å². The van der Waals surface area contributed by atoms with Crippen molar-refractivity contribution in [3.05, 3.63) is 0 Å². The molecule has 0 aliphatic rings. The monoisotopic (exact) mass is 274 g/mol. The number of carboxylic acids is 1. The molecule has 7 heteroatoms. The molecule has 0 atom stereocenters. The molecule has 0 saturated heterocycles. The van der Waals surface area contributed by atoms with Gasteiger partial charge in [-0.25, -0.2) is 4.79 Å². The molecule has 1 N–H and O–H groups in total. The Hall–Kier alpha value is -1.79. The second kappa shape index (κ2) is 8.34. The van der Waals surface area contributed by atoms with Crippen molar-refractivity contribution >= 4 is 18.0 Å². The number of rotatable bonds is 7. The number of aliphatic carboxylic acids is 1. The van der Waals surface area contributed by atoms with Crippen molar-refractivity contribution in [1.82, 2.24) is 9.80 Å². The Morgan fingerprint density at radius 3 is 2.26 bits per heavy atom. The highest BCUT2D eigenvalue weighted by Gasteiger charge is 2.23. The first-order valence-corrected chi connectivity index (χ1v) is 6.18. The SMILES string of the molecule is CCOC(=O)CN(C)C(=O)N(CCC(=O)O)C(C)C. The smallest absolute Gasteiger partial charge is 0.325 e. The van der Waals surface area contributed by atoms with E-state index in [1.54, 1.807) is 20.8 Å². The third kappa shape index (κ3) is 6.64. The molecule has 0 radical (unpaired) electrons. The van der Waals surface area contributed by atoms with Crippen molar-refractivity contribution in [2.24, 2.45) is 0 Å². The number of carbonyl (C=O) groups excluding carboxylic acids is 2. The number of carboxylic acid groups (broad SMARTS) is 1. The standard InChI is InChI=1S/C12H22N2O5/c1-5-19-11(17)8-13(4)12(18)14(9(2)3)7-6-10(15)16/h9H,5-8H2,1-4H3,(H,15,16). The van der Waals surface area contributed by atoms with Crippen LogP contribution in [0.1, 0.15) is 27.2 Å². The molecular formula is C12H22N2O5. The number of carbonyl (C=O) groups is 3. The number of likely N-dealkylation sites (N-methyl/N-ethyl adjacent to an activating group) is 1. The molecule has 2 amide bonds. The van der Waals surface area contributed by atoms with Gasteiger partial charge in [-0.2, -0.15) is 0 Å². The summed E-state index contributed by atoms with van der Waals surface area (Å²) in [6.07, 6.45) is -0.128. The largest absolute Gasteiger partial charge is 0.481 e. The van der Waals surface area contributed by atoms with E-state index in [-0.39, 0.29) is 38.2 Å². The predicted octanol–water partition coefficient (Wildman–Crippen LogP) is 0.786. The second-order valence-corrected chi connectivity index (χ2v) is 4.37. The van der Waals surface area contributed by atoms with Crippen molar-refractivity contribution in [2.45, 2.75) is 33.2 Å². The minimum absolute atomic E-state index is 0.110. The summed E-state index contributed by atoms with van der Waals surface area (Å²) < 4.78 is 4.76. The van der Waals surface area contributed by atoms with Gasteiger partial charge in [0, 0.05) is 19.6 Å². The van der Waals surface area contributed by atoms with E-state index in [9.17, 15) is 14.4 Å². The summed E-state index contributed by atoms with van der Waals surface area (Å²) in [7, 11) is 1.48. The molecule has 0 spiro atoms. The molecule has 0 aromatic carbocycles. The average Bonchev–Trinajstić information content (AvgIpc) is 2.28. The minimum atomic E-state index is -0.966. The van der Waals surface area contributed by atoms with Gasteiger partial charge in [0.1, 0.15) is 6.54 Å². The van der Waals surface area contributed by atoms with E-state index < -0.39 is 11.9 Å². The quantitative estimate of drug-likeness (QED) is 0.693. The Labute approximate surface area is 113 Å². The van der Waals surface area contributed by atoms with Gasteiger partial charge >= 0.3 is 18.0 Å². The summed E-state index contributed by atoms with van der Waals surface area (Å²) in [5.41, 5.74) is 0. The van der Waals surface area contributed by atoms with Crippen LogP contribution in [0.25, 0.3) is 0 Å². The van der Waals surface area contributed by atoms with Crippen LogP contribution < -0.4 is 0 Å². The maximum absolute atomic E-state index is 12.1. The number of amides is 2. The molecule has 0 heterocycles. The van der Waals surface area contributed by atoms with E-state index in [1.807, 2.05) is 0 Å². The maximum atomic E-state index is 12.1. The van der Waals surface area contributed by atoms with Gasteiger partial charge in [-0.1, -0.05) is 0 Å². The number of nitrogens with zero attached hydrogens (tertiary/aromatic N) is 2. The molecule has 0 aliphatic heterocycles. The molecule has 0 rings (SSSR count). The summed E-state index contributed by atoms with van der Waals surface area (Å²) >= 11 is 0. The fourth-order valence-corrected chi connectivity index (χ4v) is 1.48. The molecule has 0 fully saturated rings. The van der Waals surface area contributed by atoms with Crippen molar-refractivity contribution in [3.8, 4) is 0 Å². The molecule has 0 aromatic heterocycles. The zero-order chi connectivity index (χ0) is 15.0. The van der Waals surface area contributed by atoms with Crippen LogP contribution in [-0.4, -0.2) is 65.7 Å². The summed E-state index contributed by atoms with van der Waals surface area (Å²) in [5.74, 6) is -1.45. The molecule has 0 aliphatic carbocycles. The van der Waals surface area contributed by atoms with Gasteiger partial charge in [0.2, 0.25) is 0 Å². The van der Waals surface area contributed by atoms with Gasteiger partial charge in [-0.3, -0.25) is 9.59 Å². The van der Waals surface area contributed by atoms with Crippen LogP contribution in [0.15, 0.2) is 0 Å². The number of hydrogen-bond acceptors (Lipinski definition) is 4. The molecule has 0 bridgehead atoms. The van der Waals surface area contributed by atoms with Gasteiger partial charge in [-0.15, -0.1) is 0 Å². The highest BCUT2D eigenvalue weighted by atomic mass is 16.5. The van der Waals surface area contributed by atoms with Crippen molar-refractivity contribution in [1.29, 1.82) is 0 Å². The molecule has 19 heavy (non-hydrogen) atoms. The van der Waals surface area contributed by atoms with Gasteiger partial charge < -0.3 is 19.6 Å². The lowest BCUT2D eigenvalue weighted by Crippen LogP contribution is -2.47. The lowest BCUT2D eigenvalue weighted by molar-refractivity contribution is -0.143. The van der Waals surface area contributed by atoms with E-state index in [0.717, 1.165) is 0 Å². The molecule has 7 nitrogen and oxygen atoms in total. The average molecular weight is 274 g/mol. The molecule has 0 unspecified atom stereocenters. The molecular weight excluding hydrogens is 252 g/mol. The fraction of sp³-hybridized carbons (Fsp3) is 0.750. The predicted molar refractivity (Wildman–Crippen MR) is 68.8 cm³/mol. The van der Waals surface area contributed by atoms with Crippen molar-refractivity contribution < 1.29 is 24.2 Å². The first-order chi connectivity index (χ1) is 8.79.